The molecule has 2 aromatic carbocycles. The summed E-state index contributed by atoms with van der Waals surface area (Å²) in [6, 6.07) is 12.3. The van der Waals surface area contributed by atoms with Crippen molar-refractivity contribution in [1.82, 2.24) is 25.1 Å². The molecule has 1 aliphatic rings. The third-order valence-electron chi connectivity index (χ3n) is 5.44. The number of tetrazole rings is 1. The Hall–Kier alpha value is -3.47. The maximum Gasteiger partial charge on any atom is 0.416 e. The van der Waals surface area contributed by atoms with Gasteiger partial charge in [-0.15, -0.1) is 10.2 Å². The largest absolute Gasteiger partial charge is 0.444 e. The molecule has 1 aliphatic heterocycles. The van der Waals surface area contributed by atoms with Crippen molar-refractivity contribution < 1.29 is 27.8 Å². The van der Waals surface area contributed by atoms with Crippen molar-refractivity contribution in [3.8, 4) is 11.4 Å². The summed E-state index contributed by atoms with van der Waals surface area (Å²) in [4.78, 5) is 14.8. The average molecular weight is 489 g/mol. The number of benzene rings is 2. The van der Waals surface area contributed by atoms with Crippen molar-refractivity contribution in [3.63, 3.8) is 0 Å². The van der Waals surface area contributed by atoms with Crippen LogP contribution in [0.15, 0.2) is 48.5 Å². The molecule has 1 N–H and O–H groups in total. The van der Waals surface area contributed by atoms with E-state index in [1.807, 2.05) is 24.3 Å². The zero-order valence-corrected chi connectivity index (χ0v) is 19.6. The second-order valence-electron chi connectivity index (χ2n) is 9.73. The Morgan fingerprint density at radius 2 is 1.74 bits per heavy atom. The zero-order valence-electron chi connectivity index (χ0n) is 19.6. The summed E-state index contributed by atoms with van der Waals surface area (Å²) in [6.07, 6.45) is -4.49. The third kappa shape index (κ3) is 5.97. The van der Waals surface area contributed by atoms with E-state index < -0.39 is 29.0 Å². The normalized spacial score (nSPS) is 15.6. The Morgan fingerprint density at radius 1 is 1.09 bits per heavy atom. The van der Waals surface area contributed by atoms with E-state index in [0.717, 1.165) is 17.7 Å². The number of hydrogen-bond donors (Lipinski definition) is 1. The number of nitrogens with zero attached hydrogens (tertiary/aromatic N) is 5. The Kier molecular flexibility index (Phi) is 6.31. The number of amides is 1. The Morgan fingerprint density at radius 3 is 2.37 bits per heavy atom. The minimum Gasteiger partial charge on any atom is -0.444 e. The Bertz CT molecular complexity index is 1200. The van der Waals surface area contributed by atoms with Crippen molar-refractivity contribution >= 4 is 6.09 Å². The van der Waals surface area contributed by atoms with Gasteiger partial charge in [0.15, 0.2) is 0 Å². The fraction of sp³-hybridized carbons (Fsp3) is 0.417. The summed E-state index contributed by atoms with van der Waals surface area (Å²) >= 11 is 0. The van der Waals surface area contributed by atoms with Gasteiger partial charge in [0.05, 0.1) is 25.2 Å². The molecular formula is C24H26F3N5O3. The number of ether oxygens (including phenoxy) is 1. The molecular weight excluding hydrogens is 463 g/mol. The summed E-state index contributed by atoms with van der Waals surface area (Å²) in [6.45, 7) is 5.53. The lowest BCUT2D eigenvalue weighted by Gasteiger charge is -2.45. The highest BCUT2D eigenvalue weighted by atomic mass is 19.4. The second kappa shape index (κ2) is 8.95. The number of carbonyl (C=O) groups is 1. The first-order chi connectivity index (χ1) is 16.3. The number of aromatic nitrogens is 4. The van der Waals surface area contributed by atoms with Gasteiger partial charge in [0.2, 0.25) is 5.82 Å². The van der Waals surface area contributed by atoms with Crippen molar-refractivity contribution in [1.29, 1.82) is 0 Å². The van der Waals surface area contributed by atoms with Crippen LogP contribution in [0.2, 0.25) is 0 Å². The summed E-state index contributed by atoms with van der Waals surface area (Å²) in [5.41, 5.74) is -0.294. The van der Waals surface area contributed by atoms with Crippen LogP contribution in [-0.2, 0) is 23.9 Å². The fourth-order valence-electron chi connectivity index (χ4n) is 3.83. The zero-order chi connectivity index (χ0) is 25.4. The topological polar surface area (TPSA) is 93.4 Å². The first kappa shape index (κ1) is 24.6. The van der Waals surface area contributed by atoms with Crippen LogP contribution in [0.5, 0.6) is 0 Å². The standard InChI is InChI=1S/C24H26F3N5O3/c1-22(2,3)35-21(33)31-13-23(34,14-31)15-32-29-20(28-30-32)19-7-5-4-6-17(19)12-16-8-10-18(11-9-16)24(25,26)27/h4-11,34H,12-15H2,1-3H3. The molecule has 35 heavy (non-hydrogen) atoms. The number of rotatable bonds is 5. The molecule has 0 aliphatic carbocycles. The predicted molar refractivity (Wildman–Crippen MR) is 120 cm³/mol. The summed E-state index contributed by atoms with van der Waals surface area (Å²) in [5, 5.41) is 23.2. The molecule has 0 radical (unpaired) electrons. The van der Waals surface area contributed by atoms with Gasteiger partial charge in [-0.25, -0.2) is 4.79 Å². The van der Waals surface area contributed by atoms with Gasteiger partial charge in [0.1, 0.15) is 11.2 Å². The van der Waals surface area contributed by atoms with E-state index >= 15 is 0 Å². The van der Waals surface area contributed by atoms with Crippen LogP contribution in [-0.4, -0.2) is 60.6 Å². The van der Waals surface area contributed by atoms with Gasteiger partial charge in [0.25, 0.3) is 0 Å². The minimum absolute atomic E-state index is 0.0420. The van der Waals surface area contributed by atoms with Gasteiger partial charge in [-0.3, -0.25) is 0 Å². The maximum atomic E-state index is 12.8. The van der Waals surface area contributed by atoms with Gasteiger partial charge in [-0.2, -0.15) is 18.0 Å². The van der Waals surface area contributed by atoms with Gasteiger partial charge in [-0.1, -0.05) is 36.4 Å². The number of β-amino-alcohol motifs (C(OH)–C–C–N with tert-alkyl or cyclic N) is 1. The molecule has 0 saturated carbocycles. The number of aliphatic hydroxyl groups is 1. The highest BCUT2D eigenvalue weighted by Crippen LogP contribution is 2.30. The van der Waals surface area contributed by atoms with E-state index in [1.165, 1.54) is 21.8 Å². The molecule has 0 atom stereocenters. The van der Waals surface area contributed by atoms with Crippen LogP contribution in [0.3, 0.4) is 0 Å². The van der Waals surface area contributed by atoms with Crippen LogP contribution < -0.4 is 0 Å². The third-order valence-corrected chi connectivity index (χ3v) is 5.44. The van der Waals surface area contributed by atoms with Gasteiger partial charge in [-0.05, 0) is 55.7 Å². The molecule has 2 heterocycles. The molecule has 3 aromatic rings. The summed E-state index contributed by atoms with van der Waals surface area (Å²) in [5.74, 6) is 0.333. The van der Waals surface area contributed by atoms with Gasteiger partial charge >= 0.3 is 12.3 Å². The Balaban J connectivity index is 1.43. The van der Waals surface area contributed by atoms with Crippen LogP contribution >= 0.6 is 0 Å². The molecule has 0 bridgehead atoms. The highest BCUT2D eigenvalue weighted by molar-refractivity contribution is 5.69. The molecule has 186 valence electrons. The SMILES string of the molecule is CC(C)(C)OC(=O)N1CC(O)(Cn2nnc(-c3ccccc3Cc3ccc(C(F)(F)F)cc3)n2)C1. The number of halogens is 3. The molecule has 4 rings (SSSR count). The lowest BCUT2D eigenvalue weighted by molar-refractivity contribution is -0.137. The van der Waals surface area contributed by atoms with Crippen molar-refractivity contribution in [2.75, 3.05) is 13.1 Å². The number of hydrogen-bond acceptors (Lipinski definition) is 6. The van der Waals surface area contributed by atoms with E-state index in [4.69, 9.17) is 4.74 Å². The fourth-order valence-corrected chi connectivity index (χ4v) is 3.83. The van der Waals surface area contributed by atoms with Crippen LogP contribution in [0, 0.1) is 0 Å². The summed E-state index contributed by atoms with van der Waals surface area (Å²) in [7, 11) is 0. The predicted octanol–water partition coefficient (Wildman–Crippen LogP) is 3.93. The lowest BCUT2D eigenvalue weighted by Crippen LogP contribution is -2.65. The quantitative estimate of drug-likeness (QED) is 0.584. The second-order valence-corrected chi connectivity index (χ2v) is 9.73. The van der Waals surface area contributed by atoms with Crippen molar-refractivity contribution in [2.45, 2.75) is 51.1 Å². The number of carbonyl (C=O) groups excluding carboxylic acids is 1. The molecule has 1 amide bonds. The molecule has 0 spiro atoms. The lowest BCUT2D eigenvalue weighted by atomic mass is 9.95. The van der Waals surface area contributed by atoms with Crippen LogP contribution in [0.25, 0.3) is 11.4 Å². The maximum absolute atomic E-state index is 12.8. The summed E-state index contributed by atoms with van der Waals surface area (Å²) < 4.78 is 43.8. The highest BCUT2D eigenvalue weighted by Gasteiger charge is 2.46. The van der Waals surface area contributed by atoms with Crippen molar-refractivity contribution in [3.05, 3.63) is 65.2 Å². The minimum atomic E-state index is -4.38. The van der Waals surface area contributed by atoms with E-state index in [-0.39, 0.29) is 19.6 Å². The van der Waals surface area contributed by atoms with E-state index in [0.29, 0.717) is 23.4 Å². The van der Waals surface area contributed by atoms with Crippen molar-refractivity contribution in [2.24, 2.45) is 0 Å². The van der Waals surface area contributed by atoms with Gasteiger partial charge in [0, 0.05) is 5.56 Å². The van der Waals surface area contributed by atoms with Crippen LogP contribution in [0.1, 0.15) is 37.5 Å². The molecule has 1 saturated heterocycles. The average Bonchev–Trinajstić information content (AvgIpc) is 3.19. The van der Waals surface area contributed by atoms with Crippen LogP contribution in [0.4, 0.5) is 18.0 Å². The molecule has 0 unspecified atom stereocenters. The number of alkyl halides is 3. The molecule has 1 fully saturated rings. The smallest absolute Gasteiger partial charge is 0.416 e. The van der Waals surface area contributed by atoms with E-state index in [1.54, 1.807) is 20.8 Å². The molecule has 8 nitrogen and oxygen atoms in total. The van der Waals surface area contributed by atoms with E-state index in [2.05, 4.69) is 15.4 Å². The molecule has 11 heteroatoms. The number of likely N-dealkylation sites (tertiary alicyclic amines) is 1. The Labute approximate surface area is 200 Å². The van der Waals surface area contributed by atoms with E-state index in [9.17, 15) is 23.1 Å². The molecule has 1 aromatic heterocycles. The first-order valence-electron chi connectivity index (χ1n) is 11.0. The first-order valence-corrected chi connectivity index (χ1v) is 11.0. The monoisotopic (exact) mass is 489 g/mol. The van der Waals surface area contributed by atoms with Gasteiger partial charge < -0.3 is 14.7 Å².